The Balaban J connectivity index is 1.61. The van der Waals surface area contributed by atoms with Crippen molar-refractivity contribution < 1.29 is 9.13 Å². The molecule has 1 saturated heterocycles. The fourth-order valence-corrected chi connectivity index (χ4v) is 3.37. The summed E-state index contributed by atoms with van der Waals surface area (Å²) in [6, 6.07) is 6.83. The van der Waals surface area contributed by atoms with E-state index in [1.165, 1.54) is 12.4 Å². The summed E-state index contributed by atoms with van der Waals surface area (Å²) in [4.78, 5) is 10.8. The molecule has 0 spiro atoms. The number of ether oxygens (including phenoxy) is 1. The van der Waals surface area contributed by atoms with Gasteiger partial charge in [0.15, 0.2) is 5.65 Å². The van der Waals surface area contributed by atoms with E-state index in [9.17, 15) is 4.39 Å². The summed E-state index contributed by atoms with van der Waals surface area (Å²) in [6.45, 7) is 3.39. The molecule has 26 heavy (non-hydrogen) atoms. The van der Waals surface area contributed by atoms with Gasteiger partial charge < -0.3 is 10.1 Å². The van der Waals surface area contributed by atoms with E-state index in [0.717, 1.165) is 24.1 Å². The third kappa shape index (κ3) is 3.25. The van der Waals surface area contributed by atoms with Crippen molar-refractivity contribution in [2.75, 3.05) is 38.2 Å². The van der Waals surface area contributed by atoms with Crippen LogP contribution < -0.4 is 5.32 Å². The maximum Gasteiger partial charge on any atom is 0.163 e. The number of hydrogen-bond acceptors (Lipinski definition) is 6. The zero-order chi connectivity index (χ0) is 17.9. The molecule has 1 aliphatic heterocycles. The number of rotatable bonds is 5. The first-order chi connectivity index (χ1) is 12.7. The summed E-state index contributed by atoms with van der Waals surface area (Å²) in [6.07, 6.45) is 3.25. The number of morpholine rings is 1. The Bertz CT molecular complexity index is 892. The van der Waals surface area contributed by atoms with Gasteiger partial charge in [0.05, 0.1) is 30.8 Å². The molecule has 1 aromatic carbocycles. The van der Waals surface area contributed by atoms with Crippen LogP contribution in [-0.2, 0) is 11.8 Å². The number of anilines is 1. The van der Waals surface area contributed by atoms with Crippen LogP contribution in [0.4, 0.5) is 10.2 Å². The number of nitrogens with one attached hydrogen (secondary N) is 1. The van der Waals surface area contributed by atoms with E-state index in [0.29, 0.717) is 31.1 Å². The summed E-state index contributed by atoms with van der Waals surface area (Å²) in [5, 5.41) is 8.45. The molecule has 0 aliphatic carbocycles. The number of hydrogen-bond donors (Lipinski definition) is 1. The molecular formula is C18H21FN6O. The van der Waals surface area contributed by atoms with Crippen LogP contribution in [0, 0.1) is 5.82 Å². The zero-order valence-electron chi connectivity index (χ0n) is 14.6. The Morgan fingerprint density at radius 1 is 1.23 bits per heavy atom. The lowest BCUT2D eigenvalue weighted by Gasteiger charge is -2.35. The molecule has 136 valence electrons. The van der Waals surface area contributed by atoms with Crippen molar-refractivity contribution in [1.29, 1.82) is 0 Å². The lowest BCUT2D eigenvalue weighted by atomic mass is 10.0. The van der Waals surface area contributed by atoms with Crippen LogP contribution in [-0.4, -0.2) is 57.5 Å². The molecule has 8 heteroatoms. The Morgan fingerprint density at radius 3 is 2.85 bits per heavy atom. The number of halogens is 1. The first-order valence-corrected chi connectivity index (χ1v) is 8.67. The first-order valence-electron chi connectivity index (χ1n) is 8.67. The summed E-state index contributed by atoms with van der Waals surface area (Å²) in [5.41, 5.74) is 1.44. The van der Waals surface area contributed by atoms with E-state index in [-0.39, 0.29) is 11.9 Å². The van der Waals surface area contributed by atoms with E-state index in [1.54, 1.807) is 16.9 Å². The van der Waals surface area contributed by atoms with Gasteiger partial charge in [-0.05, 0) is 6.07 Å². The first kappa shape index (κ1) is 16.9. The van der Waals surface area contributed by atoms with Crippen molar-refractivity contribution in [1.82, 2.24) is 24.6 Å². The van der Waals surface area contributed by atoms with Crippen LogP contribution in [0.1, 0.15) is 11.6 Å². The van der Waals surface area contributed by atoms with Gasteiger partial charge >= 0.3 is 0 Å². The molecule has 0 bridgehead atoms. The van der Waals surface area contributed by atoms with Gasteiger partial charge in [-0.25, -0.2) is 14.4 Å². The maximum absolute atomic E-state index is 14.5. The smallest absolute Gasteiger partial charge is 0.163 e. The predicted octanol–water partition coefficient (Wildman–Crippen LogP) is 1.99. The monoisotopic (exact) mass is 356 g/mol. The number of benzene rings is 1. The largest absolute Gasteiger partial charge is 0.379 e. The highest BCUT2D eigenvalue weighted by molar-refractivity contribution is 5.85. The van der Waals surface area contributed by atoms with Crippen molar-refractivity contribution in [2.24, 2.45) is 7.05 Å². The number of fused-ring (bicyclic) bond motifs is 1. The van der Waals surface area contributed by atoms with Crippen LogP contribution in [0.25, 0.3) is 11.0 Å². The topological polar surface area (TPSA) is 68.1 Å². The Hall–Kier alpha value is -2.58. The molecule has 3 aromatic rings. The molecular weight excluding hydrogens is 335 g/mol. The van der Waals surface area contributed by atoms with Gasteiger partial charge in [-0.15, -0.1) is 0 Å². The summed E-state index contributed by atoms with van der Waals surface area (Å²) in [7, 11) is 1.84. The molecule has 1 atom stereocenters. The van der Waals surface area contributed by atoms with E-state index >= 15 is 0 Å². The fraction of sp³-hybridized carbons (Fsp3) is 0.389. The van der Waals surface area contributed by atoms with Crippen molar-refractivity contribution in [3.63, 3.8) is 0 Å². The van der Waals surface area contributed by atoms with Crippen LogP contribution in [0.3, 0.4) is 0 Å². The molecule has 4 rings (SSSR count). The number of aromatic nitrogens is 4. The van der Waals surface area contributed by atoms with Crippen molar-refractivity contribution in [3.05, 3.63) is 48.2 Å². The Morgan fingerprint density at radius 2 is 2.04 bits per heavy atom. The Kier molecular flexibility index (Phi) is 4.77. The maximum atomic E-state index is 14.5. The molecule has 1 unspecified atom stereocenters. The second-order valence-corrected chi connectivity index (χ2v) is 6.29. The molecule has 0 amide bonds. The number of aryl methyl sites for hydroxylation is 1. The highest BCUT2D eigenvalue weighted by Crippen LogP contribution is 2.26. The van der Waals surface area contributed by atoms with Gasteiger partial charge in [-0.1, -0.05) is 18.2 Å². The minimum atomic E-state index is -0.194. The lowest BCUT2D eigenvalue weighted by Crippen LogP contribution is -2.42. The summed E-state index contributed by atoms with van der Waals surface area (Å²) >= 11 is 0. The summed E-state index contributed by atoms with van der Waals surface area (Å²) < 4.78 is 21.6. The quantitative estimate of drug-likeness (QED) is 0.754. The van der Waals surface area contributed by atoms with Gasteiger partial charge in [0.1, 0.15) is 18.0 Å². The van der Waals surface area contributed by atoms with E-state index < -0.39 is 0 Å². The highest BCUT2D eigenvalue weighted by Gasteiger charge is 2.25. The van der Waals surface area contributed by atoms with E-state index in [1.807, 2.05) is 19.2 Å². The van der Waals surface area contributed by atoms with Crippen LogP contribution in [0.15, 0.2) is 36.8 Å². The van der Waals surface area contributed by atoms with E-state index in [2.05, 4.69) is 25.3 Å². The molecule has 0 saturated carbocycles. The zero-order valence-corrected chi connectivity index (χ0v) is 14.6. The molecule has 0 radical (unpaired) electrons. The van der Waals surface area contributed by atoms with Crippen molar-refractivity contribution in [2.45, 2.75) is 6.04 Å². The predicted molar refractivity (Wildman–Crippen MR) is 96.3 cm³/mol. The van der Waals surface area contributed by atoms with Gasteiger partial charge in [0.2, 0.25) is 0 Å². The third-order valence-corrected chi connectivity index (χ3v) is 4.74. The van der Waals surface area contributed by atoms with E-state index in [4.69, 9.17) is 4.74 Å². The second-order valence-electron chi connectivity index (χ2n) is 6.29. The lowest BCUT2D eigenvalue weighted by molar-refractivity contribution is 0.0180. The minimum absolute atomic E-state index is 0.109. The van der Waals surface area contributed by atoms with Crippen molar-refractivity contribution >= 4 is 16.9 Å². The standard InChI is InChI=1S/C18H21FN6O/c1-24-18-14(10-23-24)17(21-12-22-18)20-11-16(25-6-8-26-9-7-25)13-4-2-3-5-15(13)19/h2-5,10,12,16H,6-9,11H2,1H3,(H,20,21,22). The SMILES string of the molecule is Cn1ncc2c(NCC(c3ccccc3F)N3CCOCC3)ncnc21. The molecule has 1 N–H and O–H groups in total. The van der Waals surface area contributed by atoms with Gasteiger partial charge in [-0.2, -0.15) is 5.10 Å². The normalized spacial score (nSPS) is 16.7. The third-order valence-electron chi connectivity index (χ3n) is 4.74. The Labute approximate surface area is 150 Å². The van der Waals surface area contributed by atoms with Gasteiger partial charge in [0.25, 0.3) is 0 Å². The molecule has 3 heterocycles. The fourth-order valence-electron chi connectivity index (χ4n) is 3.37. The van der Waals surface area contributed by atoms with Crippen LogP contribution in [0.5, 0.6) is 0 Å². The summed E-state index contributed by atoms with van der Waals surface area (Å²) in [5.74, 6) is 0.512. The van der Waals surface area contributed by atoms with Gasteiger partial charge in [0, 0.05) is 32.2 Å². The van der Waals surface area contributed by atoms with Crippen molar-refractivity contribution in [3.8, 4) is 0 Å². The average molecular weight is 356 g/mol. The molecule has 7 nitrogen and oxygen atoms in total. The number of nitrogens with zero attached hydrogens (tertiary/aromatic N) is 5. The van der Waals surface area contributed by atoms with Gasteiger partial charge in [-0.3, -0.25) is 9.58 Å². The second kappa shape index (κ2) is 7.35. The minimum Gasteiger partial charge on any atom is -0.379 e. The average Bonchev–Trinajstić information content (AvgIpc) is 3.06. The van der Waals surface area contributed by atoms with Crippen LogP contribution in [0.2, 0.25) is 0 Å². The molecule has 1 aliphatic rings. The molecule has 2 aromatic heterocycles. The highest BCUT2D eigenvalue weighted by atomic mass is 19.1. The molecule has 1 fully saturated rings. The van der Waals surface area contributed by atoms with Crippen LogP contribution >= 0.6 is 0 Å².